The summed E-state index contributed by atoms with van der Waals surface area (Å²) in [5.74, 6) is 0.339. The average Bonchev–Trinajstić information content (AvgIpc) is 3.15. The van der Waals surface area contributed by atoms with E-state index in [0.29, 0.717) is 5.84 Å². The molecule has 0 spiro atoms. The fourth-order valence-electron chi connectivity index (χ4n) is 3.14. The zero-order chi connectivity index (χ0) is 18.8. The van der Waals surface area contributed by atoms with Crippen molar-refractivity contribution in [2.75, 3.05) is 0 Å². The molecule has 1 aromatic heterocycles. The van der Waals surface area contributed by atoms with Gasteiger partial charge in [0.1, 0.15) is 17.7 Å². The average molecular weight is 362 g/mol. The number of halogens is 1. The maximum absolute atomic E-state index is 13.3. The Morgan fingerprint density at radius 1 is 0.926 bits per heavy atom. The van der Waals surface area contributed by atoms with Crippen molar-refractivity contribution in [2.24, 2.45) is 4.99 Å². The van der Waals surface area contributed by atoms with Crippen LogP contribution in [0.5, 0.6) is 0 Å². The Hall–Kier alpha value is -3.61. The molecule has 2 aromatic carbocycles. The lowest BCUT2D eigenvalue weighted by atomic mass is 9.95. The van der Waals surface area contributed by atoms with E-state index in [1.165, 1.54) is 24.3 Å². The van der Waals surface area contributed by atoms with Gasteiger partial charge >= 0.3 is 0 Å². The van der Waals surface area contributed by atoms with E-state index in [4.69, 9.17) is 4.99 Å². The predicted octanol–water partition coefficient (Wildman–Crippen LogP) is 3.96. The Morgan fingerprint density at radius 3 is 2.22 bits per heavy atom. The molecule has 3 aromatic rings. The van der Waals surface area contributed by atoms with Crippen LogP contribution in [0.1, 0.15) is 28.8 Å². The van der Waals surface area contributed by atoms with Crippen LogP contribution >= 0.6 is 0 Å². The van der Waals surface area contributed by atoms with Crippen molar-refractivity contribution in [3.63, 3.8) is 0 Å². The highest BCUT2D eigenvalue weighted by Crippen LogP contribution is 2.37. The molecule has 7 heteroatoms. The molecular formula is C20H15FN4O2. The highest BCUT2D eigenvalue weighted by molar-refractivity contribution is 6.00. The molecule has 0 aliphatic carbocycles. The molecule has 2 heterocycles. The molecule has 0 saturated heterocycles. The van der Waals surface area contributed by atoms with Gasteiger partial charge in [0.05, 0.1) is 11.0 Å². The minimum Gasteiger partial charge on any atom is -0.361 e. The van der Waals surface area contributed by atoms with Crippen LogP contribution in [0.2, 0.25) is 0 Å². The van der Waals surface area contributed by atoms with E-state index in [2.05, 4.69) is 10.3 Å². The first kappa shape index (κ1) is 16.8. The molecule has 27 heavy (non-hydrogen) atoms. The Balaban J connectivity index is 1.71. The second-order valence-corrected chi connectivity index (χ2v) is 6.18. The molecule has 134 valence electrons. The van der Waals surface area contributed by atoms with Crippen molar-refractivity contribution >= 4 is 11.5 Å². The van der Waals surface area contributed by atoms with E-state index >= 15 is 0 Å². The largest absolute Gasteiger partial charge is 0.361 e. The Bertz CT molecular complexity index is 989. The van der Waals surface area contributed by atoms with Crippen molar-refractivity contribution in [2.45, 2.75) is 12.1 Å². The number of hydrogen-bond donors (Lipinski definition) is 1. The summed E-state index contributed by atoms with van der Waals surface area (Å²) in [7, 11) is 0. The van der Waals surface area contributed by atoms with E-state index in [1.54, 1.807) is 36.7 Å². The topological polar surface area (TPSA) is 80.4 Å². The van der Waals surface area contributed by atoms with Gasteiger partial charge in [-0.15, -0.1) is 0 Å². The van der Waals surface area contributed by atoms with E-state index in [1.807, 2.05) is 12.1 Å². The number of nitro benzene ring substituents is 1. The summed E-state index contributed by atoms with van der Waals surface area (Å²) >= 11 is 0. The second-order valence-electron chi connectivity index (χ2n) is 6.18. The monoisotopic (exact) mass is 362 g/mol. The molecule has 1 N–H and O–H groups in total. The number of pyridine rings is 1. The normalized spacial score (nSPS) is 18.6. The van der Waals surface area contributed by atoms with Gasteiger partial charge in [0.25, 0.3) is 5.69 Å². The predicted molar refractivity (Wildman–Crippen MR) is 98.9 cm³/mol. The van der Waals surface area contributed by atoms with Gasteiger partial charge in [0.15, 0.2) is 0 Å². The van der Waals surface area contributed by atoms with Crippen molar-refractivity contribution in [3.05, 3.63) is 106 Å². The van der Waals surface area contributed by atoms with Crippen LogP contribution in [0, 0.1) is 15.9 Å². The van der Waals surface area contributed by atoms with Crippen molar-refractivity contribution in [3.8, 4) is 0 Å². The van der Waals surface area contributed by atoms with Crippen molar-refractivity contribution < 1.29 is 9.31 Å². The number of hydrogen-bond acceptors (Lipinski definition) is 5. The van der Waals surface area contributed by atoms with Crippen LogP contribution in [0.25, 0.3) is 0 Å². The summed E-state index contributed by atoms with van der Waals surface area (Å²) in [4.78, 5) is 19.3. The molecule has 0 radical (unpaired) electrons. The van der Waals surface area contributed by atoms with Crippen LogP contribution in [0.3, 0.4) is 0 Å². The van der Waals surface area contributed by atoms with E-state index in [9.17, 15) is 14.5 Å². The maximum Gasteiger partial charge on any atom is 0.269 e. The number of amidine groups is 1. The van der Waals surface area contributed by atoms with Gasteiger partial charge in [-0.2, -0.15) is 0 Å². The molecule has 1 aliphatic heterocycles. The molecule has 4 rings (SSSR count). The second kappa shape index (κ2) is 6.95. The van der Waals surface area contributed by atoms with Gasteiger partial charge in [-0.25, -0.2) is 4.39 Å². The Kier molecular flexibility index (Phi) is 4.33. The molecule has 2 unspecified atom stereocenters. The summed E-state index contributed by atoms with van der Waals surface area (Å²) in [5, 5.41) is 14.3. The fraction of sp³-hybridized carbons (Fsp3) is 0.100. The SMILES string of the molecule is O=[N+]([O-])c1ccc(C2=NC(c3ccc(F)cc3)C(c3ccncc3)N2)cc1. The summed E-state index contributed by atoms with van der Waals surface area (Å²) in [6.07, 6.45) is 3.42. The number of rotatable bonds is 4. The quantitative estimate of drug-likeness (QED) is 0.563. The molecule has 0 fully saturated rings. The van der Waals surface area contributed by atoms with Crippen LogP contribution in [0.4, 0.5) is 10.1 Å². The van der Waals surface area contributed by atoms with E-state index in [-0.39, 0.29) is 23.6 Å². The van der Waals surface area contributed by atoms with E-state index in [0.717, 1.165) is 16.7 Å². The highest BCUT2D eigenvalue weighted by atomic mass is 19.1. The molecule has 6 nitrogen and oxygen atoms in total. The lowest BCUT2D eigenvalue weighted by Crippen LogP contribution is -2.25. The van der Waals surface area contributed by atoms with Gasteiger partial charge in [-0.1, -0.05) is 12.1 Å². The molecule has 0 saturated carbocycles. The fourth-order valence-corrected chi connectivity index (χ4v) is 3.14. The Morgan fingerprint density at radius 2 is 1.59 bits per heavy atom. The van der Waals surface area contributed by atoms with Crippen LogP contribution in [-0.4, -0.2) is 15.7 Å². The number of benzene rings is 2. The molecule has 0 bridgehead atoms. The third-order valence-corrected chi connectivity index (χ3v) is 4.50. The number of non-ortho nitro benzene ring substituents is 1. The smallest absolute Gasteiger partial charge is 0.269 e. The summed E-state index contributed by atoms with van der Waals surface area (Å²) < 4.78 is 13.3. The van der Waals surface area contributed by atoms with Crippen LogP contribution in [-0.2, 0) is 0 Å². The number of nitro groups is 1. The van der Waals surface area contributed by atoms with Gasteiger partial charge < -0.3 is 5.32 Å². The zero-order valence-electron chi connectivity index (χ0n) is 14.1. The van der Waals surface area contributed by atoms with Gasteiger partial charge in [-0.3, -0.25) is 20.1 Å². The number of nitrogens with one attached hydrogen (secondary N) is 1. The molecular weight excluding hydrogens is 347 g/mol. The summed E-state index contributed by atoms with van der Waals surface area (Å²) in [6, 6.07) is 15.9. The standard InChI is InChI=1S/C20H15FN4O2/c21-16-5-1-13(2-6-16)18-19(14-9-11-22-12-10-14)24-20(23-18)15-3-7-17(8-4-15)25(26)27/h1-12,18-19H,(H,23,24). The van der Waals surface area contributed by atoms with Crippen LogP contribution < -0.4 is 5.32 Å². The van der Waals surface area contributed by atoms with Crippen molar-refractivity contribution in [1.29, 1.82) is 0 Å². The lowest BCUT2D eigenvalue weighted by Gasteiger charge is -2.19. The van der Waals surface area contributed by atoms with Crippen molar-refractivity contribution in [1.82, 2.24) is 10.3 Å². The zero-order valence-corrected chi connectivity index (χ0v) is 14.1. The maximum atomic E-state index is 13.3. The minimum absolute atomic E-state index is 0.0260. The molecule has 0 amide bonds. The molecule has 2 atom stereocenters. The first-order chi connectivity index (χ1) is 13.1. The van der Waals surface area contributed by atoms with Gasteiger partial charge in [-0.05, 0) is 47.5 Å². The first-order valence-corrected chi connectivity index (χ1v) is 8.36. The lowest BCUT2D eigenvalue weighted by molar-refractivity contribution is -0.384. The molecule has 1 aliphatic rings. The third-order valence-electron chi connectivity index (χ3n) is 4.50. The third kappa shape index (κ3) is 3.39. The minimum atomic E-state index is -0.436. The van der Waals surface area contributed by atoms with Crippen LogP contribution in [0.15, 0.2) is 78.0 Å². The first-order valence-electron chi connectivity index (χ1n) is 8.36. The summed E-state index contributed by atoms with van der Waals surface area (Å²) in [6.45, 7) is 0. The number of aliphatic imine (C=N–C) groups is 1. The van der Waals surface area contributed by atoms with E-state index < -0.39 is 4.92 Å². The summed E-state index contributed by atoms with van der Waals surface area (Å²) in [5.41, 5.74) is 2.66. The number of nitrogens with zero attached hydrogens (tertiary/aromatic N) is 3. The van der Waals surface area contributed by atoms with Gasteiger partial charge in [0, 0.05) is 30.1 Å². The number of aromatic nitrogens is 1. The Labute approximate surface area is 154 Å². The highest BCUT2D eigenvalue weighted by Gasteiger charge is 2.31. The van der Waals surface area contributed by atoms with Gasteiger partial charge in [0.2, 0.25) is 0 Å².